The maximum absolute atomic E-state index is 9.61. The molecule has 2 N–H and O–H groups in total. The summed E-state index contributed by atoms with van der Waals surface area (Å²) in [5.41, 5.74) is 2.17. The van der Waals surface area contributed by atoms with Crippen LogP contribution in [0.25, 0.3) is 0 Å². The molecule has 3 nitrogen and oxygen atoms in total. The fraction of sp³-hybridized carbons (Fsp3) is 0.500. The molecule has 1 aliphatic rings. The number of ether oxygens (including phenoxy) is 1. The first kappa shape index (κ1) is 10.5. The fourth-order valence-electron chi connectivity index (χ4n) is 1.88. The van der Waals surface area contributed by atoms with Crippen LogP contribution >= 0.6 is 0 Å². The summed E-state index contributed by atoms with van der Waals surface area (Å²) in [5, 5.41) is 18.7. The van der Waals surface area contributed by atoms with Gasteiger partial charge in [-0.2, -0.15) is 0 Å². The molecule has 0 amide bonds. The number of hydrogen-bond donors (Lipinski definition) is 2. The molecule has 1 aliphatic carbocycles. The first-order valence-electron chi connectivity index (χ1n) is 5.28. The Kier molecular flexibility index (Phi) is 2.93. The van der Waals surface area contributed by atoms with Crippen molar-refractivity contribution in [3.05, 3.63) is 29.3 Å². The Morgan fingerprint density at radius 1 is 1.53 bits per heavy atom. The molecule has 0 radical (unpaired) electrons. The number of aliphatic hydroxyl groups is 2. The van der Waals surface area contributed by atoms with E-state index in [2.05, 4.69) is 0 Å². The van der Waals surface area contributed by atoms with Crippen molar-refractivity contribution in [2.24, 2.45) is 0 Å². The molecule has 0 saturated carbocycles. The largest absolute Gasteiger partial charge is 0.491 e. The van der Waals surface area contributed by atoms with Gasteiger partial charge in [-0.3, -0.25) is 0 Å². The van der Waals surface area contributed by atoms with Crippen molar-refractivity contribution in [3.63, 3.8) is 0 Å². The van der Waals surface area contributed by atoms with Crippen molar-refractivity contribution in [1.29, 1.82) is 0 Å². The second-order valence-electron chi connectivity index (χ2n) is 4.08. The minimum atomic E-state index is -0.455. The Balaban J connectivity index is 2.09. The fourth-order valence-corrected chi connectivity index (χ4v) is 1.88. The maximum atomic E-state index is 9.61. The highest BCUT2D eigenvalue weighted by atomic mass is 16.5. The van der Waals surface area contributed by atoms with E-state index in [1.165, 1.54) is 0 Å². The van der Waals surface area contributed by atoms with E-state index < -0.39 is 6.10 Å². The highest BCUT2D eigenvalue weighted by molar-refractivity contribution is 5.39. The molecule has 0 bridgehead atoms. The lowest BCUT2D eigenvalue weighted by Gasteiger charge is -2.10. The van der Waals surface area contributed by atoms with E-state index in [4.69, 9.17) is 9.84 Å². The summed E-state index contributed by atoms with van der Waals surface area (Å²) in [5.74, 6) is 0.767. The quantitative estimate of drug-likeness (QED) is 0.790. The van der Waals surface area contributed by atoms with Gasteiger partial charge in [0.25, 0.3) is 0 Å². The number of benzene rings is 1. The monoisotopic (exact) mass is 208 g/mol. The summed E-state index contributed by atoms with van der Waals surface area (Å²) in [4.78, 5) is 0. The Morgan fingerprint density at radius 3 is 3.07 bits per heavy atom. The molecule has 0 heterocycles. The average molecular weight is 208 g/mol. The van der Waals surface area contributed by atoms with Gasteiger partial charge in [-0.15, -0.1) is 0 Å². The van der Waals surface area contributed by atoms with E-state index in [0.717, 1.165) is 29.7 Å². The lowest BCUT2D eigenvalue weighted by molar-refractivity contribution is 0.122. The van der Waals surface area contributed by atoms with Gasteiger partial charge < -0.3 is 14.9 Å². The normalized spacial score (nSPS) is 21.1. The van der Waals surface area contributed by atoms with E-state index in [0.29, 0.717) is 6.61 Å². The highest BCUT2D eigenvalue weighted by Crippen LogP contribution is 2.33. The van der Waals surface area contributed by atoms with Crippen LogP contribution in [0.5, 0.6) is 5.75 Å². The number of hydrogen-bond acceptors (Lipinski definition) is 3. The first-order chi connectivity index (χ1) is 7.16. The molecule has 0 spiro atoms. The van der Waals surface area contributed by atoms with Crippen LogP contribution in [0.1, 0.15) is 30.6 Å². The van der Waals surface area contributed by atoms with Gasteiger partial charge in [-0.25, -0.2) is 0 Å². The zero-order valence-electron chi connectivity index (χ0n) is 8.81. The molecule has 82 valence electrons. The van der Waals surface area contributed by atoms with Crippen LogP contribution in [0.15, 0.2) is 18.2 Å². The molecule has 2 atom stereocenters. The van der Waals surface area contributed by atoms with Crippen molar-refractivity contribution < 1.29 is 14.9 Å². The second kappa shape index (κ2) is 4.21. The predicted molar refractivity (Wildman–Crippen MR) is 56.9 cm³/mol. The molecular formula is C12H16O3. The molecule has 3 heteroatoms. The van der Waals surface area contributed by atoms with Crippen LogP contribution < -0.4 is 4.74 Å². The van der Waals surface area contributed by atoms with Gasteiger partial charge in [0.05, 0.1) is 12.2 Å². The van der Waals surface area contributed by atoms with E-state index in [9.17, 15) is 5.11 Å². The molecular weight excluding hydrogens is 192 g/mol. The van der Waals surface area contributed by atoms with Crippen LogP contribution in [0, 0.1) is 0 Å². The Labute approximate surface area is 89.3 Å². The van der Waals surface area contributed by atoms with E-state index >= 15 is 0 Å². The lowest BCUT2D eigenvalue weighted by atomic mass is 10.1. The van der Waals surface area contributed by atoms with Gasteiger partial charge in [-0.1, -0.05) is 6.07 Å². The van der Waals surface area contributed by atoms with E-state index in [1.54, 1.807) is 6.92 Å². The van der Waals surface area contributed by atoms with Crippen LogP contribution in [-0.4, -0.2) is 22.9 Å². The standard InChI is InChI=1S/C12H16O3/c1-8(13)7-15-10-3-4-11-9(6-10)2-5-12(11)14/h3-4,6,8,12-14H,2,5,7H2,1H3. The molecule has 1 aromatic rings. The lowest BCUT2D eigenvalue weighted by Crippen LogP contribution is -2.12. The van der Waals surface area contributed by atoms with Crippen LogP contribution in [0.2, 0.25) is 0 Å². The molecule has 2 rings (SSSR count). The van der Waals surface area contributed by atoms with Crippen molar-refractivity contribution in [2.75, 3.05) is 6.61 Å². The molecule has 1 aromatic carbocycles. The van der Waals surface area contributed by atoms with Crippen molar-refractivity contribution in [1.82, 2.24) is 0 Å². The molecule has 0 aliphatic heterocycles. The number of aryl methyl sites for hydroxylation is 1. The van der Waals surface area contributed by atoms with Gasteiger partial charge in [0.2, 0.25) is 0 Å². The van der Waals surface area contributed by atoms with Crippen LogP contribution in [-0.2, 0) is 6.42 Å². The van der Waals surface area contributed by atoms with Crippen molar-refractivity contribution in [3.8, 4) is 5.75 Å². The summed E-state index contributed by atoms with van der Waals surface area (Å²) in [6.45, 7) is 2.00. The smallest absolute Gasteiger partial charge is 0.119 e. The highest BCUT2D eigenvalue weighted by Gasteiger charge is 2.20. The average Bonchev–Trinajstić information content (AvgIpc) is 2.57. The summed E-state index contributed by atoms with van der Waals surface area (Å²) in [6, 6.07) is 5.70. The third kappa shape index (κ3) is 2.30. The summed E-state index contributed by atoms with van der Waals surface area (Å²) < 4.78 is 5.40. The molecule has 0 saturated heterocycles. The third-order valence-electron chi connectivity index (χ3n) is 2.65. The minimum Gasteiger partial charge on any atom is -0.491 e. The third-order valence-corrected chi connectivity index (χ3v) is 2.65. The van der Waals surface area contributed by atoms with Crippen molar-refractivity contribution >= 4 is 0 Å². The minimum absolute atomic E-state index is 0.307. The Morgan fingerprint density at radius 2 is 2.33 bits per heavy atom. The summed E-state index contributed by atoms with van der Waals surface area (Å²) >= 11 is 0. The van der Waals surface area contributed by atoms with Crippen LogP contribution in [0.4, 0.5) is 0 Å². The van der Waals surface area contributed by atoms with Crippen molar-refractivity contribution in [2.45, 2.75) is 32.0 Å². The van der Waals surface area contributed by atoms with Gasteiger partial charge in [0.1, 0.15) is 12.4 Å². The first-order valence-corrected chi connectivity index (χ1v) is 5.28. The SMILES string of the molecule is CC(O)COc1ccc2c(c1)CCC2O. The van der Waals surface area contributed by atoms with Crippen LogP contribution in [0.3, 0.4) is 0 Å². The zero-order valence-corrected chi connectivity index (χ0v) is 8.81. The van der Waals surface area contributed by atoms with Gasteiger partial charge in [-0.05, 0) is 43.0 Å². The predicted octanol–water partition coefficient (Wildman–Crippen LogP) is 1.43. The number of rotatable bonds is 3. The Bertz CT molecular complexity index is 347. The van der Waals surface area contributed by atoms with Gasteiger partial charge >= 0.3 is 0 Å². The number of aliphatic hydroxyl groups excluding tert-OH is 2. The molecule has 2 unspecified atom stereocenters. The molecule has 15 heavy (non-hydrogen) atoms. The van der Waals surface area contributed by atoms with E-state index in [-0.39, 0.29) is 6.10 Å². The second-order valence-corrected chi connectivity index (χ2v) is 4.08. The Hall–Kier alpha value is -1.06. The molecule has 0 aromatic heterocycles. The molecule has 0 fully saturated rings. The van der Waals surface area contributed by atoms with Gasteiger partial charge in [0.15, 0.2) is 0 Å². The summed E-state index contributed by atoms with van der Waals surface area (Å²) in [7, 11) is 0. The topological polar surface area (TPSA) is 49.7 Å². The summed E-state index contributed by atoms with van der Waals surface area (Å²) in [6.07, 6.45) is 0.937. The zero-order chi connectivity index (χ0) is 10.8. The van der Waals surface area contributed by atoms with E-state index in [1.807, 2.05) is 18.2 Å². The number of fused-ring (bicyclic) bond motifs is 1. The maximum Gasteiger partial charge on any atom is 0.119 e. The van der Waals surface area contributed by atoms with Gasteiger partial charge in [0, 0.05) is 0 Å².